The van der Waals surface area contributed by atoms with Crippen LogP contribution in [-0.4, -0.2) is 45.2 Å². The van der Waals surface area contributed by atoms with E-state index in [9.17, 15) is 14.7 Å². The van der Waals surface area contributed by atoms with Gasteiger partial charge in [-0.3, -0.25) is 9.36 Å². The summed E-state index contributed by atoms with van der Waals surface area (Å²) in [4.78, 5) is 28.4. The van der Waals surface area contributed by atoms with Crippen molar-refractivity contribution in [2.45, 2.75) is 39.7 Å². The van der Waals surface area contributed by atoms with E-state index < -0.39 is 0 Å². The molecule has 0 bridgehead atoms. The summed E-state index contributed by atoms with van der Waals surface area (Å²) in [5.74, 6) is 0.264. The number of nitrogens with zero attached hydrogens (tertiary/aromatic N) is 2. The molecule has 20 heavy (non-hydrogen) atoms. The zero-order valence-corrected chi connectivity index (χ0v) is 12.2. The number of aromatic amines is 1. The third-order valence-electron chi connectivity index (χ3n) is 4.17. The van der Waals surface area contributed by atoms with Crippen LogP contribution in [0.3, 0.4) is 0 Å². The minimum Gasteiger partial charge on any atom is -0.396 e. The highest BCUT2D eigenvalue weighted by Crippen LogP contribution is 2.16. The van der Waals surface area contributed by atoms with Gasteiger partial charge in [0.05, 0.1) is 0 Å². The number of carbonyl (C=O) groups excluding carboxylic acids is 1. The van der Waals surface area contributed by atoms with E-state index in [0.29, 0.717) is 19.5 Å². The third kappa shape index (κ3) is 3.12. The second-order valence-corrected chi connectivity index (χ2v) is 5.57. The molecule has 6 nitrogen and oxygen atoms in total. The third-order valence-corrected chi connectivity index (χ3v) is 4.17. The van der Waals surface area contributed by atoms with Crippen molar-refractivity contribution in [3.05, 3.63) is 21.9 Å². The predicted octanol–water partition coefficient (Wildman–Crippen LogP) is 0.414. The SMILES string of the molecule is Cc1[nH]c(=O)n(CCC(=O)N2CCCC(CO)C2)c1C. The minimum atomic E-state index is -0.153. The van der Waals surface area contributed by atoms with Gasteiger partial charge in [-0.05, 0) is 32.6 Å². The lowest BCUT2D eigenvalue weighted by Crippen LogP contribution is -2.41. The van der Waals surface area contributed by atoms with Crippen molar-refractivity contribution >= 4 is 5.91 Å². The molecule has 1 aliphatic rings. The number of carbonyl (C=O) groups is 1. The lowest BCUT2D eigenvalue weighted by atomic mass is 9.99. The summed E-state index contributed by atoms with van der Waals surface area (Å²) in [7, 11) is 0. The number of rotatable bonds is 4. The van der Waals surface area contributed by atoms with Crippen molar-refractivity contribution in [1.82, 2.24) is 14.5 Å². The standard InChI is InChI=1S/C14H23N3O3/c1-10-11(2)17(14(20)15-10)7-5-13(19)16-6-3-4-12(8-16)9-18/h12,18H,3-9H2,1-2H3,(H,15,20). The van der Waals surface area contributed by atoms with Crippen LogP contribution in [0.15, 0.2) is 4.79 Å². The Balaban J connectivity index is 1.93. The van der Waals surface area contributed by atoms with Crippen molar-refractivity contribution in [2.24, 2.45) is 5.92 Å². The Morgan fingerprint density at radius 1 is 1.45 bits per heavy atom. The number of aromatic nitrogens is 2. The number of aliphatic hydroxyl groups is 1. The first-order valence-electron chi connectivity index (χ1n) is 7.17. The average Bonchev–Trinajstić information content (AvgIpc) is 2.70. The number of hydrogen-bond donors (Lipinski definition) is 2. The van der Waals surface area contributed by atoms with Gasteiger partial charge < -0.3 is 15.0 Å². The molecule has 1 amide bonds. The van der Waals surface area contributed by atoms with E-state index in [1.165, 1.54) is 0 Å². The highest BCUT2D eigenvalue weighted by Gasteiger charge is 2.23. The first-order valence-corrected chi connectivity index (χ1v) is 7.17. The fourth-order valence-corrected chi connectivity index (χ4v) is 2.75. The first kappa shape index (κ1) is 14.8. The average molecular weight is 281 g/mol. The Labute approximate surface area is 118 Å². The molecule has 1 aliphatic heterocycles. The first-order chi connectivity index (χ1) is 9.52. The van der Waals surface area contributed by atoms with Gasteiger partial charge in [-0.25, -0.2) is 4.79 Å². The molecule has 0 aromatic carbocycles. The van der Waals surface area contributed by atoms with E-state index in [-0.39, 0.29) is 24.1 Å². The fourth-order valence-electron chi connectivity index (χ4n) is 2.75. The predicted molar refractivity (Wildman–Crippen MR) is 75.5 cm³/mol. The highest BCUT2D eigenvalue weighted by atomic mass is 16.3. The number of nitrogens with one attached hydrogen (secondary N) is 1. The zero-order chi connectivity index (χ0) is 14.7. The number of imidazole rings is 1. The molecule has 1 aromatic rings. The van der Waals surface area contributed by atoms with Crippen molar-refractivity contribution < 1.29 is 9.90 Å². The second-order valence-electron chi connectivity index (χ2n) is 5.57. The molecule has 2 N–H and O–H groups in total. The van der Waals surface area contributed by atoms with Crippen molar-refractivity contribution in [3.63, 3.8) is 0 Å². The van der Waals surface area contributed by atoms with Crippen LogP contribution in [-0.2, 0) is 11.3 Å². The Hall–Kier alpha value is -1.56. The molecule has 0 aliphatic carbocycles. The van der Waals surface area contributed by atoms with Crippen molar-refractivity contribution in [1.29, 1.82) is 0 Å². The topological polar surface area (TPSA) is 78.3 Å². The molecule has 1 aromatic heterocycles. The summed E-state index contributed by atoms with van der Waals surface area (Å²) in [5.41, 5.74) is 1.58. The molecular weight excluding hydrogens is 258 g/mol. The molecule has 6 heteroatoms. The van der Waals surface area contributed by atoms with E-state index >= 15 is 0 Å². The van der Waals surface area contributed by atoms with Gasteiger partial charge in [-0.1, -0.05) is 0 Å². The molecule has 1 fully saturated rings. The lowest BCUT2D eigenvalue weighted by Gasteiger charge is -2.32. The van der Waals surface area contributed by atoms with Gasteiger partial charge in [0.25, 0.3) is 0 Å². The number of amides is 1. The maximum Gasteiger partial charge on any atom is 0.325 e. The highest BCUT2D eigenvalue weighted by molar-refractivity contribution is 5.76. The minimum absolute atomic E-state index is 0.0632. The van der Waals surface area contributed by atoms with Crippen molar-refractivity contribution in [3.8, 4) is 0 Å². The Morgan fingerprint density at radius 3 is 2.80 bits per heavy atom. The van der Waals surface area contributed by atoms with E-state index in [4.69, 9.17) is 0 Å². The molecule has 2 rings (SSSR count). The molecule has 1 unspecified atom stereocenters. The molecule has 1 saturated heterocycles. The van der Waals surface area contributed by atoms with Crippen LogP contribution in [0.25, 0.3) is 0 Å². The molecule has 0 saturated carbocycles. The second kappa shape index (κ2) is 6.26. The summed E-state index contributed by atoms with van der Waals surface area (Å²) in [5, 5.41) is 9.19. The maximum absolute atomic E-state index is 12.2. The van der Waals surface area contributed by atoms with Gasteiger partial charge in [-0.2, -0.15) is 0 Å². The molecular formula is C14H23N3O3. The number of piperidine rings is 1. The van der Waals surface area contributed by atoms with E-state index in [1.807, 2.05) is 18.7 Å². The van der Waals surface area contributed by atoms with Gasteiger partial charge in [0.1, 0.15) is 0 Å². The lowest BCUT2D eigenvalue weighted by molar-refractivity contribution is -0.133. The number of hydrogen-bond acceptors (Lipinski definition) is 3. The molecule has 1 atom stereocenters. The Morgan fingerprint density at radius 2 is 2.20 bits per heavy atom. The fraction of sp³-hybridized carbons (Fsp3) is 0.714. The normalized spacial score (nSPS) is 19.4. The van der Waals surface area contributed by atoms with Gasteiger partial charge >= 0.3 is 5.69 Å². The van der Waals surface area contributed by atoms with Crippen molar-refractivity contribution in [2.75, 3.05) is 19.7 Å². The quantitative estimate of drug-likeness (QED) is 0.839. The maximum atomic E-state index is 12.2. The molecule has 0 radical (unpaired) electrons. The van der Waals surface area contributed by atoms with Crippen LogP contribution < -0.4 is 5.69 Å². The number of H-pyrrole nitrogens is 1. The van der Waals surface area contributed by atoms with E-state index in [1.54, 1.807) is 4.57 Å². The summed E-state index contributed by atoms with van der Waals surface area (Å²) >= 11 is 0. The van der Waals surface area contributed by atoms with Crippen LogP contribution >= 0.6 is 0 Å². The number of likely N-dealkylation sites (tertiary alicyclic amines) is 1. The summed E-state index contributed by atoms with van der Waals surface area (Å²) in [6.45, 7) is 5.67. The van der Waals surface area contributed by atoms with Crippen LogP contribution in [0.4, 0.5) is 0 Å². The van der Waals surface area contributed by atoms with Gasteiger partial charge in [0.2, 0.25) is 5.91 Å². The van der Waals surface area contributed by atoms with Gasteiger partial charge in [-0.15, -0.1) is 0 Å². The number of aryl methyl sites for hydroxylation is 1. The number of aliphatic hydroxyl groups excluding tert-OH is 1. The van der Waals surface area contributed by atoms with Crippen LogP contribution in [0.2, 0.25) is 0 Å². The summed E-state index contributed by atoms with van der Waals surface area (Å²) in [6.07, 6.45) is 2.26. The largest absolute Gasteiger partial charge is 0.396 e. The summed E-state index contributed by atoms with van der Waals surface area (Å²) in [6, 6.07) is 0. The van der Waals surface area contributed by atoms with E-state index in [2.05, 4.69) is 4.98 Å². The molecule has 112 valence electrons. The monoisotopic (exact) mass is 281 g/mol. The smallest absolute Gasteiger partial charge is 0.325 e. The molecule has 2 heterocycles. The Kier molecular flexibility index (Phi) is 4.65. The summed E-state index contributed by atoms with van der Waals surface area (Å²) < 4.78 is 1.61. The van der Waals surface area contributed by atoms with Crippen LogP contribution in [0, 0.1) is 19.8 Å². The van der Waals surface area contributed by atoms with E-state index in [0.717, 1.165) is 30.8 Å². The molecule has 0 spiro atoms. The van der Waals surface area contributed by atoms with Gasteiger partial charge in [0, 0.05) is 44.0 Å². The van der Waals surface area contributed by atoms with Crippen LogP contribution in [0.1, 0.15) is 30.7 Å². The van der Waals surface area contributed by atoms with Gasteiger partial charge in [0.15, 0.2) is 0 Å². The zero-order valence-electron chi connectivity index (χ0n) is 12.2. The van der Waals surface area contributed by atoms with Crippen LogP contribution in [0.5, 0.6) is 0 Å². The Bertz CT molecular complexity index is 532.